The van der Waals surface area contributed by atoms with E-state index in [1.54, 1.807) is 26.4 Å². The Hall–Kier alpha value is -3.06. The topological polar surface area (TPSA) is 69.7 Å². The predicted octanol–water partition coefficient (Wildman–Crippen LogP) is 4.80. The van der Waals surface area contributed by atoms with E-state index in [0.717, 1.165) is 29.0 Å². The van der Waals surface area contributed by atoms with Crippen molar-refractivity contribution in [2.45, 2.75) is 19.8 Å². The van der Waals surface area contributed by atoms with Crippen LogP contribution in [0, 0.1) is 0 Å². The molecule has 1 heterocycles. The van der Waals surface area contributed by atoms with Crippen LogP contribution in [0.15, 0.2) is 47.8 Å². The molecule has 1 amide bonds. The highest BCUT2D eigenvalue weighted by Crippen LogP contribution is 2.29. The smallest absolute Gasteiger partial charge is 0.230 e. The number of hydrogen-bond donors (Lipinski definition) is 1. The molecule has 0 radical (unpaired) electrons. The van der Waals surface area contributed by atoms with Crippen molar-refractivity contribution in [3.05, 3.63) is 53.4 Å². The molecule has 0 saturated carbocycles. The first-order valence-corrected chi connectivity index (χ1v) is 10.2. The Morgan fingerprint density at radius 2 is 1.83 bits per heavy atom. The number of benzene rings is 2. The van der Waals surface area contributed by atoms with E-state index in [1.807, 2.05) is 35.7 Å². The highest BCUT2D eigenvalue weighted by Gasteiger charge is 2.11. The third kappa shape index (κ3) is 5.48. The molecule has 6 nitrogen and oxygen atoms in total. The second kappa shape index (κ2) is 9.93. The lowest BCUT2D eigenvalue weighted by Crippen LogP contribution is -2.14. The standard InChI is InChI=1S/C22H24N2O4S/c1-4-11-28-17-8-6-16(7-9-17)18-14-29-22(23-18)24-21(25)13-15-5-10-19(26-2)20(12-15)27-3/h5-10,12,14H,4,11,13H2,1-3H3,(H,23,24,25). The molecular formula is C22H24N2O4S. The first-order chi connectivity index (χ1) is 14.1. The van der Waals surface area contributed by atoms with E-state index in [9.17, 15) is 4.79 Å². The van der Waals surface area contributed by atoms with E-state index < -0.39 is 0 Å². The number of rotatable bonds is 9. The maximum absolute atomic E-state index is 12.4. The van der Waals surface area contributed by atoms with Gasteiger partial charge in [-0.1, -0.05) is 13.0 Å². The van der Waals surface area contributed by atoms with E-state index in [-0.39, 0.29) is 12.3 Å². The number of ether oxygens (including phenoxy) is 3. The fourth-order valence-corrected chi connectivity index (χ4v) is 3.48. The first kappa shape index (κ1) is 20.7. The lowest BCUT2D eigenvalue weighted by molar-refractivity contribution is -0.115. The summed E-state index contributed by atoms with van der Waals surface area (Å²) in [4.78, 5) is 16.9. The fourth-order valence-electron chi connectivity index (χ4n) is 2.75. The fraction of sp³-hybridized carbons (Fsp3) is 0.273. The summed E-state index contributed by atoms with van der Waals surface area (Å²) in [5.41, 5.74) is 2.63. The Bertz CT molecular complexity index is 954. The van der Waals surface area contributed by atoms with Crippen LogP contribution in [0.1, 0.15) is 18.9 Å². The molecule has 3 aromatic rings. The zero-order valence-corrected chi connectivity index (χ0v) is 17.5. The Balaban J connectivity index is 1.61. The number of nitrogens with one attached hydrogen (secondary N) is 1. The summed E-state index contributed by atoms with van der Waals surface area (Å²) in [5.74, 6) is 1.93. The van der Waals surface area contributed by atoms with E-state index in [0.29, 0.717) is 23.2 Å². The molecule has 7 heteroatoms. The molecule has 29 heavy (non-hydrogen) atoms. The van der Waals surface area contributed by atoms with Crippen LogP contribution in [0.4, 0.5) is 5.13 Å². The average molecular weight is 413 g/mol. The van der Waals surface area contributed by atoms with Gasteiger partial charge in [-0.15, -0.1) is 11.3 Å². The van der Waals surface area contributed by atoms with Gasteiger partial charge in [0.1, 0.15) is 5.75 Å². The van der Waals surface area contributed by atoms with E-state index in [1.165, 1.54) is 11.3 Å². The minimum Gasteiger partial charge on any atom is -0.494 e. The third-order valence-corrected chi connectivity index (χ3v) is 4.94. The molecule has 0 unspecified atom stereocenters. The molecule has 0 spiro atoms. The van der Waals surface area contributed by atoms with Crippen molar-refractivity contribution in [3.63, 3.8) is 0 Å². The number of carbonyl (C=O) groups excluding carboxylic acids is 1. The van der Waals surface area contributed by atoms with Crippen molar-refractivity contribution in [2.75, 3.05) is 26.1 Å². The molecule has 152 valence electrons. The van der Waals surface area contributed by atoms with Gasteiger partial charge in [0, 0.05) is 10.9 Å². The van der Waals surface area contributed by atoms with Gasteiger partial charge in [0.2, 0.25) is 5.91 Å². The molecule has 2 aromatic carbocycles. The predicted molar refractivity (Wildman–Crippen MR) is 115 cm³/mol. The first-order valence-electron chi connectivity index (χ1n) is 9.32. The lowest BCUT2D eigenvalue weighted by atomic mass is 10.1. The molecule has 0 saturated heterocycles. The summed E-state index contributed by atoms with van der Waals surface area (Å²) in [6.07, 6.45) is 1.19. The second-order valence-electron chi connectivity index (χ2n) is 6.33. The number of aromatic nitrogens is 1. The SMILES string of the molecule is CCCOc1ccc(-c2csc(NC(=O)Cc3ccc(OC)c(OC)c3)n2)cc1. The Labute approximate surface area is 174 Å². The summed E-state index contributed by atoms with van der Waals surface area (Å²) in [5, 5.41) is 5.35. The van der Waals surface area contributed by atoms with Gasteiger partial charge in [-0.3, -0.25) is 4.79 Å². The molecule has 3 rings (SSSR count). The molecular weight excluding hydrogens is 388 g/mol. The molecule has 1 aromatic heterocycles. The molecule has 0 aliphatic heterocycles. The Kier molecular flexibility index (Phi) is 7.08. The van der Waals surface area contributed by atoms with Crippen molar-refractivity contribution in [1.82, 2.24) is 4.98 Å². The molecule has 0 atom stereocenters. The molecule has 1 N–H and O–H groups in total. The van der Waals surface area contributed by atoms with Gasteiger partial charge >= 0.3 is 0 Å². The van der Waals surface area contributed by atoms with Crippen molar-refractivity contribution in [2.24, 2.45) is 0 Å². The molecule has 0 aliphatic carbocycles. The maximum Gasteiger partial charge on any atom is 0.230 e. The van der Waals surface area contributed by atoms with E-state index in [4.69, 9.17) is 14.2 Å². The number of nitrogens with zero attached hydrogens (tertiary/aromatic N) is 1. The number of thiazole rings is 1. The largest absolute Gasteiger partial charge is 0.494 e. The van der Waals surface area contributed by atoms with Crippen LogP contribution in [-0.4, -0.2) is 31.7 Å². The minimum atomic E-state index is -0.138. The highest BCUT2D eigenvalue weighted by atomic mass is 32.1. The lowest BCUT2D eigenvalue weighted by Gasteiger charge is -2.09. The van der Waals surface area contributed by atoms with E-state index >= 15 is 0 Å². The van der Waals surface area contributed by atoms with Gasteiger partial charge < -0.3 is 19.5 Å². The summed E-state index contributed by atoms with van der Waals surface area (Å²) in [6.45, 7) is 2.77. The van der Waals surface area contributed by atoms with Crippen molar-refractivity contribution in [3.8, 4) is 28.5 Å². The van der Waals surface area contributed by atoms with Gasteiger partial charge in [-0.05, 0) is 48.4 Å². The second-order valence-corrected chi connectivity index (χ2v) is 7.18. The summed E-state index contributed by atoms with van der Waals surface area (Å²) in [6, 6.07) is 13.2. The normalized spacial score (nSPS) is 10.4. The van der Waals surface area contributed by atoms with Crippen LogP contribution in [0.5, 0.6) is 17.2 Å². The van der Waals surface area contributed by atoms with Gasteiger partial charge in [-0.2, -0.15) is 0 Å². The Morgan fingerprint density at radius 1 is 1.07 bits per heavy atom. The summed E-state index contributed by atoms with van der Waals surface area (Å²) < 4.78 is 16.1. The van der Waals surface area contributed by atoms with Crippen LogP contribution in [0.3, 0.4) is 0 Å². The molecule has 0 fully saturated rings. The highest BCUT2D eigenvalue weighted by molar-refractivity contribution is 7.14. The van der Waals surface area contributed by atoms with Gasteiger partial charge in [0.25, 0.3) is 0 Å². The Morgan fingerprint density at radius 3 is 2.52 bits per heavy atom. The third-order valence-electron chi connectivity index (χ3n) is 4.19. The number of amides is 1. The van der Waals surface area contributed by atoms with Crippen LogP contribution < -0.4 is 19.5 Å². The number of methoxy groups -OCH3 is 2. The molecule has 0 bridgehead atoms. The van der Waals surface area contributed by atoms with Crippen LogP contribution >= 0.6 is 11.3 Å². The quantitative estimate of drug-likeness (QED) is 0.547. The number of carbonyl (C=O) groups is 1. The van der Waals surface area contributed by atoms with Crippen molar-refractivity contribution < 1.29 is 19.0 Å². The number of anilines is 1. The summed E-state index contributed by atoms with van der Waals surface area (Å²) >= 11 is 1.40. The molecule has 0 aliphatic rings. The summed E-state index contributed by atoms with van der Waals surface area (Å²) in [7, 11) is 3.15. The average Bonchev–Trinajstić information content (AvgIpc) is 3.20. The van der Waals surface area contributed by atoms with Gasteiger partial charge in [0.15, 0.2) is 16.6 Å². The van der Waals surface area contributed by atoms with Crippen molar-refractivity contribution in [1.29, 1.82) is 0 Å². The van der Waals surface area contributed by atoms with Gasteiger partial charge in [0.05, 0.1) is 32.9 Å². The zero-order chi connectivity index (χ0) is 20.6. The van der Waals surface area contributed by atoms with Crippen molar-refractivity contribution >= 4 is 22.4 Å². The minimum absolute atomic E-state index is 0.138. The number of hydrogen-bond acceptors (Lipinski definition) is 6. The monoisotopic (exact) mass is 412 g/mol. The van der Waals surface area contributed by atoms with Crippen LogP contribution in [0.2, 0.25) is 0 Å². The van der Waals surface area contributed by atoms with Crippen LogP contribution in [-0.2, 0) is 11.2 Å². The maximum atomic E-state index is 12.4. The zero-order valence-electron chi connectivity index (χ0n) is 16.7. The van der Waals surface area contributed by atoms with Gasteiger partial charge in [-0.25, -0.2) is 4.98 Å². The van der Waals surface area contributed by atoms with E-state index in [2.05, 4.69) is 17.2 Å². The van der Waals surface area contributed by atoms with Crippen LogP contribution in [0.25, 0.3) is 11.3 Å².